The van der Waals surface area contributed by atoms with Crippen molar-refractivity contribution in [2.24, 2.45) is 13.0 Å². The van der Waals surface area contributed by atoms with Gasteiger partial charge >= 0.3 is 5.97 Å². The highest BCUT2D eigenvalue weighted by Crippen LogP contribution is 2.28. The number of carbonyl (C=O) groups is 1. The Hall–Kier alpha value is -1.46. The van der Waals surface area contributed by atoms with Crippen molar-refractivity contribution in [2.75, 3.05) is 4.90 Å². The van der Waals surface area contributed by atoms with Gasteiger partial charge in [-0.2, -0.15) is 0 Å². The highest BCUT2D eigenvalue weighted by Gasteiger charge is 2.21. The summed E-state index contributed by atoms with van der Waals surface area (Å²) in [5, 5.41) is 9.75. The van der Waals surface area contributed by atoms with E-state index in [0.29, 0.717) is 12.8 Å². The Labute approximate surface area is 222 Å². The zero-order chi connectivity index (χ0) is 25.8. The quantitative estimate of drug-likeness (QED) is 0.120. The van der Waals surface area contributed by atoms with Gasteiger partial charge in [-0.15, -0.1) is 0 Å². The van der Waals surface area contributed by atoms with Crippen LogP contribution in [-0.4, -0.2) is 31.6 Å². The van der Waals surface area contributed by atoms with Crippen molar-refractivity contribution >= 4 is 45.9 Å². The average Bonchev–Trinajstić information content (AvgIpc) is 3.11. The van der Waals surface area contributed by atoms with Crippen molar-refractivity contribution < 1.29 is 9.90 Å². The van der Waals surface area contributed by atoms with E-state index in [2.05, 4.69) is 11.5 Å². The van der Waals surface area contributed by atoms with Crippen LogP contribution in [0.15, 0.2) is 18.2 Å². The standard InChI is InChI=1S/C28H45Cl2N3O2/c1-5-6-7-8-9-10-11-12-13-14-15-23(28(34)35)16-19-27-31-25-20-24(17-18-26(25)32(27)4)33(21(2)29)22(3)30/h17-18,20-23H,5-16,19H2,1-4H3,(H,34,35). The number of unbranched alkanes of at least 4 members (excludes halogenated alkanes) is 9. The predicted molar refractivity (Wildman–Crippen MR) is 150 cm³/mol. The van der Waals surface area contributed by atoms with Crippen LogP contribution in [0.2, 0.25) is 0 Å². The molecule has 3 unspecified atom stereocenters. The van der Waals surface area contributed by atoms with E-state index >= 15 is 0 Å². The van der Waals surface area contributed by atoms with E-state index in [1.54, 1.807) is 0 Å². The van der Waals surface area contributed by atoms with Crippen LogP contribution >= 0.6 is 23.2 Å². The topological polar surface area (TPSA) is 58.4 Å². The summed E-state index contributed by atoms with van der Waals surface area (Å²) >= 11 is 12.7. The van der Waals surface area contributed by atoms with Crippen LogP contribution in [0, 0.1) is 5.92 Å². The molecule has 0 aliphatic carbocycles. The summed E-state index contributed by atoms with van der Waals surface area (Å²) in [7, 11) is 1.99. The number of fused-ring (bicyclic) bond motifs is 1. The summed E-state index contributed by atoms with van der Waals surface area (Å²) in [6.07, 6.45) is 14.6. The normalized spacial score (nSPS) is 14.2. The zero-order valence-corrected chi connectivity index (χ0v) is 23.6. The number of aromatic nitrogens is 2. The Kier molecular flexibility index (Phi) is 13.3. The minimum atomic E-state index is -0.690. The first kappa shape index (κ1) is 29.8. The van der Waals surface area contributed by atoms with Crippen molar-refractivity contribution in [3.8, 4) is 0 Å². The summed E-state index contributed by atoms with van der Waals surface area (Å²) in [6, 6.07) is 6.05. The molecule has 1 aromatic heterocycles. The van der Waals surface area contributed by atoms with Crippen LogP contribution in [0.4, 0.5) is 5.69 Å². The van der Waals surface area contributed by atoms with Crippen LogP contribution in [0.3, 0.4) is 0 Å². The largest absolute Gasteiger partial charge is 0.481 e. The molecule has 35 heavy (non-hydrogen) atoms. The zero-order valence-electron chi connectivity index (χ0n) is 22.1. The van der Waals surface area contributed by atoms with E-state index in [9.17, 15) is 9.90 Å². The number of imidazole rings is 1. The maximum absolute atomic E-state index is 11.9. The van der Waals surface area contributed by atoms with Crippen molar-refractivity contribution in [3.63, 3.8) is 0 Å². The van der Waals surface area contributed by atoms with Gasteiger partial charge in [0.2, 0.25) is 0 Å². The number of aryl methyl sites for hydroxylation is 2. The summed E-state index contributed by atoms with van der Waals surface area (Å²) in [5.41, 5.74) is 2.34. The SMILES string of the molecule is CCCCCCCCCCCCC(CCc1nc2cc(N(C(C)Cl)C(C)Cl)ccc2n1C)C(=O)O. The Morgan fingerprint density at radius 2 is 1.54 bits per heavy atom. The highest BCUT2D eigenvalue weighted by molar-refractivity contribution is 6.25. The van der Waals surface area contributed by atoms with Gasteiger partial charge in [-0.1, -0.05) is 94.3 Å². The van der Waals surface area contributed by atoms with Crippen LogP contribution in [-0.2, 0) is 18.3 Å². The maximum atomic E-state index is 11.9. The van der Waals surface area contributed by atoms with E-state index in [4.69, 9.17) is 28.2 Å². The molecule has 7 heteroatoms. The molecule has 1 aromatic carbocycles. The molecular formula is C28H45Cl2N3O2. The van der Waals surface area contributed by atoms with Gasteiger partial charge in [0.1, 0.15) is 16.8 Å². The molecule has 3 atom stereocenters. The van der Waals surface area contributed by atoms with Crippen LogP contribution in [0.1, 0.15) is 104 Å². The van der Waals surface area contributed by atoms with E-state index in [1.807, 2.05) is 44.0 Å². The second kappa shape index (κ2) is 15.6. The Bertz CT molecular complexity index is 890. The lowest BCUT2D eigenvalue weighted by Crippen LogP contribution is -2.34. The first-order valence-corrected chi connectivity index (χ1v) is 14.4. The maximum Gasteiger partial charge on any atom is 0.306 e. The Morgan fingerprint density at radius 3 is 2.09 bits per heavy atom. The van der Waals surface area contributed by atoms with Crippen LogP contribution in [0.25, 0.3) is 11.0 Å². The minimum Gasteiger partial charge on any atom is -0.481 e. The molecule has 0 aliphatic heterocycles. The number of aliphatic carboxylic acids is 1. The molecule has 0 saturated heterocycles. The van der Waals surface area contributed by atoms with Crippen molar-refractivity contribution in [1.82, 2.24) is 9.55 Å². The van der Waals surface area contributed by atoms with Gasteiger partial charge in [0.05, 0.1) is 17.0 Å². The first-order valence-electron chi connectivity index (χ1n) is 13.5. The third kappa shape index (κ3) is 9.49. The molecule has 5 nitrogen and oxygen atoms in total. The highest BCUT2D eigenvalue weighted by atomic mass is 35.5. The number of benzene rings is 1. The van der Waals surface area contributed by atoms with Gasteiger partial charge in [0, 0.05) is 19.2 Å². The molecule has 0 aliphatic rings. The number of hydrogen-bond acceptors (Lipinski definition) is 3. The number of hydrogen-bond donors (Lipinski definition) is 1. The molecular weight excluding hydrogens is 481 g/mol. The van der Waals surface area contributed by atoms with E-state index in [0.717, 1.165) is 41.8 Å². The Balaban J connectivity index is 1.86. The summed E-state index contributed by atoms with van der Waals surface area (Å²) in [5.74, 6) is -0.0928. The number of rotatable bonds is 18. The summed E-state index contributed by atoms with van der Waals surface area (Å²) in [6.45, 7) is 6.04. The molecule has 0 saturated carbocycles. The molecule has 198 valence electrons. The molecule has 1 N–H and O–H groups in total. The van der Waals surface area contributed by atoms with Crippen molar-refractivity contribution in [2.45, 2.75) is 115 Å². The fourth-order valence-electron chi connectivity index (χ4n) is 4.89. The van der Waals surface area contributed by atoms with E-state index in [1.165, 1.54) is 51.4 Å². The lowest BCUT2D eigenvalue weighted by atomic mass is 9.95. The Morgan fingerprint density at radius 1 is 0.971 bits per heavy atom. The molecule has 0 radical (unpaired) electrons. The molecule has 2 aromatic rings. The van der Waals surface area contributed by atoms with E-state index < -0.39 is 5.97 Å². The van der Waals surface area contributed by atoms with Gasteiger partial charge in [0.25, 0.3) is 0 Å². The second-order valence-electron chi connectivity index (χ2n) is 9.86. The predicted octanol–water partition coefficient (Wildman–Crippen LogP) is 8.49. The molecule has 0 amide bonds. The molecule has 2 rings (SSSR count). The molecule has 1 heterocycles. The number of anilines is 1. The van der Waals surface area contributed by atoms with Crippen molar-refractivity contribution in [3.05, 3.63) is 24.0 Å². The monoisotopic (exact) mass is 525 g/mol. The third-order valence-electron chi connectivity index (χ3n) is 6.99. The fraction of sp³-hybridized carbons (Fsp3) is 0.714. The van der Waals surface area contributed by atoms with Crippen molar-refractivity contribution in [1.29, 1.82) is 0 Å². The lowest BCUT2D eigenvalue weighted by Gasteiger charge is -2.29. The molecule has 0 bridgehead atoms. The number of alkyl halides is 2. The smallest absolute Gasteiger partial charge is 0.306 e. The van der Waals surface area contributed by atoms with Crippen LogP contribution in [0.5, 0.6) is 0 Å². The van der Waals surface area contributed by atoms with Crippen LogP contribution < -0.4 is 4.90 Å². The minimum absolute atomic E-state index is 0.245. The van der Waals surface area contributed by atoms with Gasteiger partial charge in [-0.3, -0.25) is 4.79 Å². The summed E-state index contributed by atoms with van der Waals surface area (Å²) in [4.78, 5) is 18.6. The first-order chi connectivity index (χ1) is 16.8. The summed E-state index contributed by atoms with van der Waals surface area (Å²) < 4.78 is 2.07. The molecule has 0 fully saturated rings. The third-order valence-corrected chi connectivity index (χ3v) is 7.41. The number of carboxylic acids is 1. The van der Waals surface area contributed by atoms with Gasteiger partial charge in [0.15, 0.2) is 0 Å². The number of nitrogens with zero attached hydrogens (tertiary/aromatic N) is 3. The van der Waals surface area contributed by atoms with Gasteiger partial charge in [-0.25, -0.2) is 4.98 Å². The number of carboxylic acid groups (broad SMARTS) is 1. The number of halogens is 2. The average molecular weight is 527 g/mol. The lowest BCUT2D eigenvalue weighted by molar-refractivity contribution is -0.142. The fourth-order valence-corrected chi connectivity index (χ4v) is 5.51. The van der Waals surface area contributed by atoms with E-state index in [-0.39, 0.29) is 16.9 Å². The molecule has 0 spiro atoms. The van der Waals surface area contributed by atoms with Gasteiger partial charge in [-0.05, 0) is 44.9 Å². The van der Waals surface area contributed by atoms with Gasteiger partial charge < -0.3 is 14.6 Å². The second-order valence-corrected chi connectivity index (χ2v) is 11.1.